The quantitative estimate of drug-likeness (QED) is 0.879. The van der Waals surface area contributed by atoms with Crippen LogP contribution in [-0.2, 0) is 0 Å². The number of rotatable bonds is 4. The molecule has 0 radical (unpaired) electrons. The van der Waals surface area contributed by atoms with Crippen LogP contribution in [0.25, 0.3) is 11.1 Å². The molecule has 0 aliphatic heterocycles. The summed E-state index contributed by atoms with van der Waals surface area (Å²) in [5, 5.41) is 0.0736. The number of aromatic amines is 1. The van der Waals surface area contributed by atoms with Crippen molar-refractivity contribution in [3.8, 4) is 11.1 Å². The van der Waals surface area contributed by atoms with Crippen LogP contribution in [0.5, 0.6) is 0 Å². The minimum atomic E-state index is -0.487. The standard InChI is InChI=1S/C15H18ClN3O2/c1-10(9-18(2)3)19-14(20)12(13(16)17-15(19)21)11-7-5-4-6-8-11/h4-8,10H,9H2,1-3H3,(H,17,21). The number of hydrogen-bond acceptors (Lipinski definition) is 3. The first-order valence-corrected chi connectivity index (χ1v) is 7.04. The highest BCUT2D eigenvalue weighted by Gasteiger charge is 2.18. The molecule has 0 saturated carbocycles. The normalized spacial score (nSPS) is 12.6. The van der Waals surface area contributed by atoms with Gasteiger partial charge in [-0.15, -0.1) is 0 Å². The summed E-state index contributed by atoms with van der Waals surface area (Å²) in [5.41, 5.74) is 0.153. The maximum Gasteiger partial charge on any atom is 0.329 e. The molecule has 0 bridgehead atoms. The second-order valence-electron chi connectivity index (χ2n) is 5.27. The maximum atomic E-state index is 12.7. The summed E-state index contributed by atoms with van der Waals surface area (Å²) in [6.45, 7) is 2.41. The summed E-state index contributed by atoms with van der Waals surface area (Å²) in [4.78, 5) is 29.2. The van der Waals surface area contributed by atoms with Gasteiger partial charge in [0.15, 0.2) is 0 Å². The van der Waals surface area contributed by atoms with Crippen LogP contribution in [0.2, 0.25) is 5.15 Å². The third-order valence-corrected chi connectivity index (χ3v) is 3.50. The molecule has 0 saturated heterocycles. The zero-order valence-electron chi connectivity index (χ0n) is 12.3. The summed E-state index contributed by atoms with van der Waals surface area (Å²) in [7, 11) is 3.79. The molecule has 2 aromatic rings. The zero-order valence-corrected chi connectivity index (χ0v) is 13.0. The topological polar surface area (TPSA) is 58.1 Å². The van der Waals surface area contributed by atoms with Crippen LogP contribution in [0.4, 0.5) is 0 Å². The zero-order chi connectivity index (χ0) is 15.6. The lowest BCUT2D eigenvalue weighted by Gasteiger charge is -2.19. The van der Waals surface area contributed by atoms with E-state index in [-0.39, 0.29) is 16.8 Å². The highest BCUT2D eigenvalue weighted by Crippen LogP contribution is 2.21. The molecule has 0 aliphatic rings. The van der Waals surface area contributed by atoms with Crippen LogP contribution in [0.15, 0.2) is 39.9 Å². The summed E-state index contributed by atoms with van der Waals surface area (Å²) in [6, 6.07) is 8.84. The second-order valence-corrected chi connectivity index (χ2v) is 5.65. The van der Waals surface area contributed by atoms with E-state index in [9.17, 15) is 9.59 Å². The molecule has 5 nitrogen and oxygen atoms in total. The molecule has 1 N–H and O–H groups in total. The average Bonchev–Trinajstić information content (AvgIpc) is 2.38. The highest BCUT2D eigenvalue weighted by molar-refractivity contribution is 6.32. The van der Waals surface area contributed by atoms with Crippen LogP contribution in [0.3, 0.4) is 0 Å². The van der Waals surface area contributed by atoms with E-state index in [2.05, 4.69) is 4.98 Å². The molecule has 21 heavy (non-hydrogen) atoms. The van der Waals surface area contributed by atoms with Crippen molar-refractivity contribution in [1.29, 1.82) is 0 Å². The summed E-state index contributed by atoms with van der Waals surface area (Å²) in [5.74, 6) is 0. The van der Waals surface area contributed by atoms with E-state index < -0.39 is 5.69 Å². The number of nitrogens with zero attached hydrogens (tertiary/aromatic N) is 2. The van der Waals surface area contributed by atoms with Crippen LogP contribution < -0.4 is 11.2 Å². The molecule has 2 rings (SSSR count). The van der Waals surface area contributed by atoms with Gasteiger partial charge in [0.05, 0.1) is 11.6 Å². The van der Waals surface area contributed by atoms with E-state index in [1.807, 2.05) is 44.1 Å². The van der Waals surface area contributed by atoms with Crippen molar-refractivity contribution in [2.75, 3.05) is 20.6 Å². The number of aromatic nitrogens is 2. The van der Waals surface area contributed by atoms with E-state index in [4.69, 9.17) is 11.6 Å². The smallest absolute Gasteiger partial charge is 0.307 e. The van der Waals surface area contributed by atoms with Crippen LogP contribution in [-0.4, -0.2) is 35.1 Å². The Morgan fingerprint density at radius 1 is 1.24 bits per heavy atom. The van der Waals surface area contributed by atoms with Gasteiger partial charge in [0, 0.05) is 6.54 Å². The van der Waals surface area contributed by atoms with Gasteiger partial charge in [0.25, 0.3) is 5.56 Å². The molecular formula is C15H18ClN3O2. The fourth-order valence-electron chi connectivity index (χ4n) is 2.39. The minimum absolute atomic E-state index is 0.0736. The van der Waals surface area contributed by atoms with Crippen LogP contribution >= 0.6 is 11.6 Å². The largest absolute Gasteiger partial charge is 0.329 e. The molecule has 1 aromatic carbocycles. The predicted molar refractivity (Wildman–Crippen MR) is 85.0 cm³/mol. The van der Waals surface area contributed by atoms with Crippen molar-refractivity contribution in [2.24, 2.45) is 0 Å². The fraction of sp³-hybridized carbons (Fsp3) is 0.333. The first-order chi connectivity index (χ1) is 9.91. The first-order valence-electron chi connectivity index (χ1n) is 6.66. The van der Waals surface area contributed by atoms with Crippen molar-refractivity contribution in [1.82, 2.24) is 14.5 Å². The van der Waals surface area contributed by atoms with Gasteiger partial charge in [-0.25, -0.2) is 4.79 Å². The third-order valence-electron chi connectivity index (χ3n) is 3.22. The van der Waals surface area contributed by atoms with Gasteiger partial charge in [0.2, 0.25) is 0 Å². The lowest BCUT2D eigenvalue weighted by atomic mass is 10.1. The van der Waals surface area contributed by atoms with Gasteiger partial charge in [-0.2, -0.15) is 0 Å². The molecular weight excluding hydrogens is 290 g/mol. The number of H-pyrrole nitrogens is 1. The molecule has 6 heteroatoms. The van der Waals surface area contributed by atoms with Gasteiger partial charge in [-0.05, 0) is 26.6 Å². The van der Waals surface area contributed by atoms with E-state index >= 15 is 0 Å². The molecule has 0 spiro atoms. The molecule has 1 atom stereocenters. The van der Waals surface area contributed by atoms with Crippen LogP contribution in [0.1, 0.15) is 13.0 Å². The van der Waals surface area contributed by atoms with E-state index in [1.165, 1.54) is 4.57 Å². The first kappa shape index (κ1) is 15.5. The van der Waals surface area contributed by atoms with Crippen LogP contribution in [0, 0.1) is 0 Å². The maximum absolute atomic E-state index is 12.7. The van der Waals surface area contributed by atoms with Crippen molar-refractivity contribution in [2.45, 2.75) is 13.0 Å². The summed E-state index contributed by atoms with van der Waals surface area (Å²) in [6.07, 6.45) is 0. The van der Waals surface area contributed by atoms with Crippen molar-refractivity contribution >= 4 is 11.6 Å². The Hall–Kier alpha value is -1.85. The SMILES string of the molecule is CC(CN(C)C)n1c(=O)[nH]c(Cl)c(-c2ccccc2)c1=O. The van der Waals surface area contributed by atoms with Gasteiger partial charge in [-0.1, -0.05) is 41.9 Å². The fourth-order valence-corrected chi connectivity index (χ4v) is 2.66. The monoisotopic (exact) mass is 307 g/mol. The molecule has 1 unspecified atom stereocenters. The second kappa shape index (κ2) is 6.28. The summed E-state index contributed by atoms with van der Waals surface area (Å²) < 4.78 is 1.22. The number of nitrogens with one attached hydrogen (secondary N) is 1. The lowest BCUT2D eigenvalue weighted by Crippen LogP contribution is -2.41. The van der Waals surface area contributed by atoms with E-state index in [0.29, 0.717) is 17.7 Å². The van der Waals surface area contributed by atoms with E-state index in [1.54, 1.807) is 12.1 Å². The van der Waals surface area contributed by atoms with Gasteiger partial charge in [-0.3, -0.25) is 14.3 Å². The Balaban J connectivity index is 2.64. The third kappa shape index (κ3) is 3.25. The Labute approximate surface area is 127 Å². The molecule has 0 amide bonds. The molecule has 1 heterocycles. The van der Waals surface area contributed by atoms with Gasteiger partial charge in [0.1, 0.15) is 5.15 Å². The highest BCUT2D eigenvalue weighted by atomic mass is 35.5. The molecule has 0 fully saturated rings. The molecule has 1 aromatic heterocycles. The van der Waals surface area contributed by atoms with Crippen molar-refractivity contribution in [3.05, 3.63) is 56.3 Å². The van der Waals surface area contributed by atoms with Gasteiger partial charge < -0.3 is 4.90 Å². The molecule has 0 aliphatic carbocycles. The number of likely N-dealkylation sites (N-methyl/N-ethyl adjacent to an activating group) is 1. The Bertz CT molecular complexity index is 735. The van der Waals surface area contributed by atoms with E-state index in [0.717, 1.165) is 0 Å². The molecule has 112 valence electrons. The predicted octanol–water partition coefficient (Wildman–Crippen LogP) is 1.98. The minimum Gasteiger partial charge on any atom is -0.307 e. The lowest BCUT2D eigenvalue weighted by molar-refractivity contribution is 0.327. The number of hydrogen-bond donors (Lipinski definition) is 1. The van der Waals surface area contributed by atoms with Crippen molar-refractivity contribution in [3.63, 3.8) is 0 Å². The Morgan fingerprint density at radius 2 is 1.86 bits per heavy atom. The average molecular weight is 308 g/mol. The Morgan fingerprint density at radius 3 is 2.43 bits per heavy atom. The number of benzene rings is 1. The number of halogens is 1. The van der Waals surface area contributed by atoms with Crippen molar-refractivity contribution < 1.29 is 0 Å². The van der Waals surface area contributed by atoms with Gasteiger partial charge >= 0.3 is 5.69 Å². The summed E-state index contributed by atoms with van der Waals surface area (Å²) >= 11 is 6.07. The Kier molecular flexibility index (Phi) is 4.65.